The predicted molar refractivity (Wildman–Crippen MR) is 44.6 cm³/mol. The molecule has 6 heteroatoms. The van der Waals surface area contributed by atoms with E-state index in [0.29, 0.717) is 11.3 Å². The number of hydrogen-bond donors (Lipinski definition) is 1. The summed E-state index contributed by atoms with van der Waals surface area (Å²) in [5.41, 5.74) is 6.42. The first-order valence-electron chi connectivity index (χ1n) is 2.56. The van der Waals surface area contributed by atoms with E-state index in [2.05, 4.69) is 9.97 Å². The van der Waals surface area contributed by atoms with Crippen molar-refractivity contribution in [2.24, 2.45) is 0 Å². The average molecular weight is 176 g/mol. The van der Waals surface area contributed by atoms with Crippen molar-refractivity contribution in [2.75, 3.05) is 5.73 Å². The molecule has 1 rings (SSSR count). The molecule has 0 saturated carbocycles. The summed E-state index contributed by atoms with van der Waals surface area (Å²) < 4.78 is 0. The maximum absolute atomic E-state index is 5.56. The second kappa shape index (κ2) is 2.64. The molecule has 0 amide bonds. The SMILES string of the molecule is Bc1nc(Cl)nc(Cl)c1N. The summed E-state index contributed by atoms with van der Waals surface area (Å²) in [6.45, 7) is 0. The zero-order valence-electron chi connectivity index (χ0n) is 5.23. The zero-order chi connectivity index (χ0) is 7.72. The van der Waals surface area contributed by atoms with Crippen molar-refractivity contribution in [2.45, 2.75) is 0 Å². The fourth-order valence-electron chi connectivity index (χ4n) is 0.514. The molecular formula is C4H4BCl2N3. The van der Waals surface area contributed by atoms with Gasteiger partial charge in [-0.2, -0.15) is 0 Å². The van der Waals surface area contributed by atoms with Gasteiger partial charge in [0.15, 0.2) is 13.0 Å². The van der Waals surface area contributed by atoms with Gasteiger partial charge in [0.05, 0.1) is 5.69 Å². The van der Waals surface area contributed by atoms with Gasteiger partial charge in [-0.25, -0.2) is 9.97 Å². The molecule has 1 heterocycles. The van der Waals surface area contributed by atoms with Gasteiger partial charge in [0.2, 0.25) is 5.28 Å². The summed E-state index contributed by atoms with van der Waals surface area (Å²) in [7, 11) is 1.72. The Morgan fingerprint density at radius 2 is 1.90 bits per heavy atom. The third-order valence-corrected chi connectivity index (χ3v) is 1.52. The highest BCUT2D eigenvalue weighted by molar-refractivity contribution is 6.40. The number of hydrogen-bond acceptors (Lipinski definition) is 3. The lowest BCUT2D eigenvalue weighted by Gasteiger charge is -1.99. The average Bonchev–Trinajstić information content (AvgIpc) is 1.82. The first-order valence-corrected chi connectivity index (χ1v) is 3.32. The molecule has 52 valence electrons. The first-order chi connectivity index (χ1) is 4.61. The van der Waals surface area contributed by atoms with Crippen LogP contribution in [0, 0.1) is 0 Å². The van der Waals surface area contributed by atoms with E-state index in [4.69, 9.17) is 28.9 Å². The summed E-state index contributed by atoms with van der Waals surface area (Å²) >= 11 is 11.0. The van der Waals surface area contributed by atoms with Gasteiger partial charge in [0.25, 0.3) is 0 Å². The minimum atomic E-state index is 0.122. The summed E-state index contributed by atoms with van der Waals surface area (Å²) in [5.74, 6) is 0. The van der Waals surface area contributed by atoms with Crippen molar-refractivity contribution < 1.29 is 0 Å². The maximum atomic E-state index is 5.56. The molecule has 0 aliphatic rings. The molecule has 0 radical (unpaired) electrons. The molecule has 0 atom stereocenters. The lowest BCUT2D eigenvalue weighted by Crippen LogP contribution is -2.15. The first kappa shape index (κ1) is 7.63. The Morgan fingerprint density at radius 1 is 1.30 bits per heavy atom. The highest BCUT2D eigenvalue weighted by Gasteiger charge is 2.03. The van der Waals surface area contributed by atoms with Gasteiger partial charge in [-0.1, -0.05) is 11.6 Å². The Morgan fingerprint density at radius 3 is 2.40 bits per heavy atom. The molecule has 0 aliphatic heterocycles. The van der Waals surface area contributed by atoms with Crippen LogP contribution in [-0.2, 0) is 0 Å². The summed E-state index contributed by atoms with van der Waals surface area (Å²) in [6.07, 6.45) is 0. The largest absolute Gasteiger partial charge is 0.395 e. The number of nitrogen functional groups attached to an aromatic ring is 1. The second-order valence-corrected chi connectivity index (χ2v) is 2.48. The Hall–Kier alpha value is -0.475. The van der Waals surface area contributed by atoms with Gasteiger partial charge in [-0.15, -0.1) is 0 Å². The van der Waals surface area contributed by atoms with E-state index in [1.54, 1.807) is 7.85 Å². The van der Waals surface area contributed by atoms with Gasteiger partial charge in [0, 0.05) is 5.59 Å². The van der Waals surface area contributed by atoms with E-state index >= 15 is 0 Å². The fraction of sp³-hybridized carbons (Fsp3) is 0. The Bertz CT molecular complexity index is 242. The molecule has 0 aromatic carbocycles. The zero-order valence-corrected chi connectivity index (χ0v) is 6.74. The van der Waals surface area contributed by atoms with Crippen molar-refractivity contribution >= 4 is 42.3 Å². The number of anilines is 1. The van der Waals surface area contributed by atoms with Gasteiger partial charge in [-0.05, 0) is 11.6 Å². The van der Waals surface area contributed by atoms with Crippen LogP contribution >= 0.6 is 23.2 Å². The maximum Gasteiger partial charge on any atom is 0.223 e. The van der Waals surface area contributed by atoms with Crippen LogP contribution in [0.2, 0.25) is 10.4 Å². The van der Waals surface area contributed by atoms with E-state index in [0.717, 1.165) is 0 Å². The van der Waals surface area contributed by atoms with Crippen LogP contribution in [0.1, 0.15) is 0 Å². The Labute approximate surface area is 69.0 Å². The summed E-state index contributed by atoms with van der Waals surface area (Å²) in [5, 5.41) is 0.328. The molecule has 3 nitrogen and oxygen atoms in total. The molecule has 1 aromatic heterocycles. The molecule has 10 heavy (non-hydrogen) atoms. The van der Waals surface area contributed by atoms with E-state index < -0.39 is 0 Å². The van der Waals surface area contributed by atoms with Crippen molar-refractivity contribution in [1.29, 1.82) is 0 Å². The number of rotatable bonds is 0. The highest BCUT2D eigenvalue weighted by Crippen LogP contribution is 2.12. The predicted octanol–water partition coefficient (Wildman–Crippen LogP) is -0.376. The highest BCUT2D eigenvalue weighted by atomic mass is 35.5. The van der Waals surface area contributed by atoms with Crippen molar-refractivity contribution in [3.63, 3.8) is 0 Å². The third kappa shape index (κ3) is 1.33. The van der Waals surface area contributed by atoms with Gasteiger partial charge >= 0.3 is 0 Å². The number of halogens is 2. The topological polar surface area (TPSA) is 51.8 Å². The van der Waals surface area contributed by atoms with Crippen LogP contribution < -0.4 is 11.3 Å². The third-order valence-electron chi connectivity index (χ3n) is 1.06. The van der Waals surface area contributed by atoms with Crippen LogP contribution in [0.3, 0.4) is 0 Å². The number of nitrogens with zero attached hydrogens (tertiary/aromatic N) is 2. The van der Waals surface area contributed by atoms with Crippen LogP contribution in [-0.4, -0.2) is 17.8 Å². The smallest absolute Gasteiger partial charge is 0.223 e. The molecule has 0 saturated heterocycles. The van der Waals surface area contributed by atoms with Gasteiger partial charge in [0.1, 0.15) is 0 Å². The van der Waals surface area contributed by atoms with E-state index in [1.165, 1.54) is 0 Å². The molecule has 0 aliphatic carbocycles. The number of aromatic nitrogens is 2. The van der Waals surface area contributed by atoms with Gasteiger partial charge < -0.3 is 5.73 Å². The quantitative estimate of drug-likeness (QED) is 0.333. The fourth-order valence-corrected chi connectivity index (χ4v) is 0.985. The van der Waals surface area contributed by atoms with Crippen LogP contribution in [0.25, 0.3) is 0 Å². The van der Waals surface area contributed by atoms with E-state index in [-0.39, 0.29) is 10.4 Å². The van der Waals surface area contributed by atoms with Crippen LogP contribution in [0.4, 0.5) is 5.69 Å². The standard InChI is InChI=1S/C4H4BCl2N3/c5-2-1(8)3(6)10-4(7)9-2/h5,8H2. The minimum Gasteiger partial charge on any atom is -0.395 e. The molecule has 0 spiro atoms. The normalized spacial score (nSPS) is 9.80. The van der Waals surface area contributed by atoms with Crippen LogP contribution in [0.5, 0.6) is 0 Å². The summed E-state index contributed by atoms with van der Waals surface area (Å²) in [4.78, 5) is 7.41. The lowest BCUT2D eigenvalue weighted by molar-refractivity contribution is 1.20. The lowest BCUT2D eigenvalue weighted by atomic mass is 10.0. The van der Waals surface area contributed by atoms with Crippen molar-refractivity contribution in [3.8, 4) is 0 Å². The van der Waals surface area contributed by atoms with Crippen LogP contribution in [0.15, 0.2) is 0 Å². The molecule has 0 bridgehead atoms. The molecular weight excluding hydrogens is 172 g/mol. The van der Waals surface area contributed by atoms with Crippen molar-refractivity contribution in [3.05, 3.63) is 10.4 Å². The monoisotopic (exact) mass is 175 g/mol. The Balaban J connectivity index is 3.31. The van der Waals surface area contributed by atoms with Gasteiger partial charge in [-0.3, -0.25) is 0 Å². The van der Waals surface area contributed by atoms with E-state index in [9.17, 15) is 0 Å². The molecule has 1 aromatic rings. The van der Waals surface area contributed by atoms with Crippen molar-refractivity contribution in [1.82, 2.24) is 9.97 Å². The van der Waals surface area contributed by atoms with E-state index in [1.807, 2.05) is 0 Å². The summed E-state index contributed by atoms with van der Waals surface area (Å²) in [6, 6.07) is 0. The number of nitrogens with two attached hydrogens (primary N) is 1. The molecule has 2 N–H and O–H groups in total. The molecule has 0 unspecified atom stereocenters. The minimum absolute atomic E-state index is 0.122. The second-order valence-electron chi connectivity index (χ2n) is 1.78. The molecule has 0 fully saturated rings. The Kier molecular flexibility index (Phi) is 2.01.